The molecule has 0 amide bonds. The molecule has 0 fully saturated rings. The first-order chi connectivity index (χ1) is 6.18. The van der Waals surface area contributed by atoms with E-state index in [0.29, 0.717) is 5.82 Å². The summed E-state index contributed by atoms with van der Waals surface area (Å²) < 4.78 is 4.47. The molecule has 0 unspecified atom stereocenters. The second kappa shape index (κ2) is 4.04. The number of hydrogen-bond acceptors (Lipinski definition) is 4. The highest BCUT2D eigenvalue weighted by Gasteiger charge is 1.96. The van der Waals surface area contributed by atoms with E-state index < -0.39 is 0 Å². The Balaban J connectivity index is 2.53. The van der Waals surface area contributed by atoms with Crippen molar-refractivity contribution in [3.8, 4) is 0 Å². The molecule has 8 heteroatoms. The molecule has 0 aliphatic heterocycles. The van der Waals surface area contributed by atoms with Crippen LogP contribution in [0.25, 0.3) is 0 Å². The maximum atomic E-state index is 5.31. The van der Waals surface area contributed by atoms with Gasteiger partial charge in [-0.2, -0.15) is 9.98 Å². The molecule has 0 bridgehead atoms. The molecule has 0 spiro atoms. The largest absolute Gasteiger partial charge is 0.370 e. The van der Waals surface area contributed by atoms with E-state index in [1.165, 1.54) is 6.39 Å². The van der Waals surface area contributed by atoms with Gasteiger partial charge in [0.25, 0.3) is 0 Å². The SMILES string of the molecule is NC(N)=NC(N)=NCc1ncon1. The van der Waals surface area contributed by atoms with Crippen molar-refractivity contribution in [1.29, 1.82) is 0 Å². The summed E-state index contributed by atoms with van der Waals surface area (Å²) in [5, 5.41) is 3.51. The lowest BCUT2D eigenvalue weighted by atomic mass is 10.6. The molecule has 0 radical (unpaired) electrons. The molecular formula is C5H9N7O. The summed E-state index contributed by atoms with van der Waals surface area (Å²) in [4.78, 5) is 11.0. The highest BCUT2D eigenvalue weighted by molar-refractivity contribution is 5.92. The Morgan fingerprint density at radius 3 is 2.77 bits per heavy atom. The summed E-state index contributed by atoms with van der Waals surface area (Å²) in [5.41, 5.74) is 15.4. The van der Waals surface area contributed by atoms with Gasteiger partial charge < -0.3 is 21.7 Å². The lowest BCUT2D eigenvalue weighted by molar-refractivity contribution is 0.410. The van der Waals surface area contributed by atoms with Crippen LogP contribution in [-0.2, 0) is 6.54 Å². The second-order valence-electron chi connectivity index (χ2n) is 2.06. The zero-order valence-corrected chi connectivity index (χ0v) is 6.71. The molecule has 0 saturated carbocycles. The van der Waals surface area contributed by atoms with Gasteiger partial charge in [0.05, 0.1) is 0 Å². The van der Waals surface area contributed by atoms with E-state index in [2.05, 4.69) is 24.6 Å². The summed E-state index contributed by atoms with van der Waals surface area (Å²) >= 11 is 0. The van der Waals surface area contributed by atoms with E-state index >= 15 is 0 Å². The Morgan fingerprint density at radius 1 is 1.46 bits per heavy atom. The standard InChI is InChI=1S/C5H9N7O/c6-4(7)11-5(8)9-1-3-10-2-13-12-3/h2H,1H2,(H6,6,7,8,9,11). The van der Waals surface area contributed by atoms with Crippen LogP contribution in [-0.4, -0.2) is 22.1 Å². The fourth-order valence-electron chi connectivity index (χ4n) is 0.581. The van der Waals surface area contributed by atoms with Crippen LogP contribution in [0.1, 0.15) is 5.82 Å². The predicted octanol–water partition coefficient (Wildman–Crippen LogP) is -1.84. The first kappa shape index (κ1) is 8.97. The third-order valence-electron chi connectivity index (χ3n) is 1.03. The first-order valence-electron chi connectivity index (χ1n) is 3.33. The van der Waals surface area contributed by atoms with Crippen LogP contribution in [0.4, 0.5) is 0 Å². The molecule has 8 nitrogen and oxygen atoms in total. The number of guanidine groups is 2. The Hall–Kier alpha value is -2.12. The van der Waals surface area contributed by atoms with Gasteiger partial charge in [0, 0.05) is 0 Å². The van der Waals surface area contributed by atoms with Gasteiger partial charge in [0.15, 0.2) is 11.8 Å². The zero-order chi connectivity index (χ0) is 9.68. The summed E-state index contributed by atoms with van der Waals surface area (Å²) in [7, 11) is 0. The monoisotopic (exact) mass is 183 g/mol. The van der Waals surface area contributed by atoms with Crippen LogP contribution in [0, 0.1) is 0 Å². The quantitative estimate of drug-likeness (QED) is 0.363. The lowest BCUT2D eigenvalue weighted by Crippen LogP contribution is -2.26. The van der Waals surface area contributed by atoms with E-state index in [1.54, 1.807) is 0 Å². The van der Waals surface area contributed by atoms with E-state index in [1.807, 2.05) is 0 Å². The summed E-state index contributed by atoms with van der Waals surface area (Å²) in [6, 6.07) is 0. The Bertz CT molecular complexity index is 310. The van der Waals surface area contributed by atoms with Crippen LogP contribution in [0.2, 0.25) is 0 Å². The van der Waals surface area contributed by atoms with Gasteiger partial charge in [-0.05, 0) is 0 Å². The molecule has 1 heterocycles. The molecule has 13 heavy (non-hydrogen) atoms. The summed E-state index contributed by atoms with van der Waals surface area (Å²) in [6.45, 7) is 0.180. The van der Waals surface area contributed by atoms with Gasteiger partial charge in [0.2, 0.25) is 12.4 Å². The van der Waals surface area contributed by atoms with Crippen molar-refractivity contribution in [3.63, 3.8) is 0 Å². The smallest absolute Gasteiger partial charge is 0.218 e. The van der Waals surface area contributed by atoms with Gasteiger partial charge in [-0.3, -0.25) is 0 Å². The first-order valence-corrected chi connectivity index (χ1v) is 3.33. The van der Waals surface area contributed by atoms with Crippen LogP contribution < -0.4 is 17.2 Å². The predicted molar refractivity (Wildman–Crippen MR) is 45.4 cm³/mol. The molecule has 70 valence electrons. The average Bonchev–Trinajstić information content (AvgIpc) is 2.51. The zero-order valence-electron chi connectivity index (χ0n) is 6.71. The number of nitrogens with zero attached hydrogens (tertiary/aromatic N) is 4. The molecular weight excluding hydrogens is 174 g/mol. The lowest BCUT2D eigenvalue weighted by Gasteiger charge is -1.91. The molecule has 1 aromatic heterocycles. The van der Waals surface area contributed by atoms with Crippen molar-refractivity contribution in [3.05, 3.63) is 12.2 Å². The Kier molecular flexibility index (Phi) is 2.79. The molecule has 0 aliphatic carbocycles. The molecule has 0 aliphatic rings. The van der Waals surface area contributed by atoms with Gasteiger partial charge in [-0.15, -0.1) is 0 Å². The molecule has 0 aromatic carbocycles. The minimum atomic E-state index is -0.144. The number of rotatable bonds is 2. The van der Waals surface area contributed by atoms with Gasteiger partial charge in [-0.25, -0.2) is 4.99 Å². The van der Waals surface area contributed by atoms with Gasteiger partial charge in [0.1, 0.15) is 6.54 Å². The molecule has 0 saturated heterocycles. The van der Waals surface area contributed by atoms with E-state index in [4.69, 9.17) is 17.2 Å². The van der Waals surface area contributed by atoms with Crippen molar-refractivity contribution < 1.29 is 4.52 Å². The average molecular weight is 183 g/mol. The minimum Gasteiger partial charge on any atom is -0.370 e. The van der Waals surface area contributed by atoms with Crippen molar-refractivity contribution in [2.24, 2.45) is 27.2 Å². The summed E-state index contributed by atoms with van der Waals surface area (Å²) in [6.07, 6.45) is 1.20. The molecule has 0 atom stereocenters. The highest BCUT2D eigenvalue weighted by Crippen LogP contribution is 1.90. The highest BCUT2D eigenvalue weighted by atomic mass is 16.5. The number of hydrogen-bond donors (Lipinski definition) is 3. The fourth-order valence-corrected chi connectivity index (χ4v) is 0.581. The van der Waals surface area contributed by atoms with Crippen molar-refractivity contribution in [2.75, 3.05) is 0 Å². The summed E-state index contributed by atoms with van der Waals surface area (Å²) in [5.74, 6) is 0.243. The second-order valence-corrected chi connectivity index (χ2v) is 2.06. The topological polar surface area (TPSA) is 142 Å². The van der Waals surface area contributed by atoms with Gasteiger partial charge >= 0.3 is 0 Å². The molecule has 1 rings (SSSR count). The van der Waals surface area contributed by atoms with E-state index in [9.17, 15) is 0 Å². The van der Waals surface area contributed by atoms with Crippen molar-refractivity contribution in [1.82, 2.24) is 10.1 Å². The molecule has 6 N–H and O–H groups in total. The Morgan fingerprint density at radius 2 is 2.23 bits per heavy atom. The number of aliphatic imine (C=N–C) groups is 2. The van der Waals surface area contributed by atoms with Crippen LogP contribution in [0.3, 0.4) is 0 Å². The van der Waals surface area contributed by atoms with Gasteiger partial charge in [-0.1, -0.05) is 5.16 Å². The van der Waals surface area contributed by atoms with Crippen LogP contribution >= 0.6 is 0 Å². The fraction of sp³-hybridized carbons (Fsp3) is 0.200. The van der Waals surface area contributed by atoms with E-state index in [0.717, 1.165) is 0 Å². The van der Waals surface area contributed by atoms with Crippen molar-refractivity contribution in [2.45, 2.75) is 6.54 Å². The minimum absolute atomic E-state index is 0.0233. The third-order valence-corrected chi connectivity index (χ3v) is 1.03. The van der Waals surface area contributed by atoms with Crippen LogP contribution in [0.5, 0.6) is 0 Å². The molecule has 1 aromatic rings. The van der Waals surface area contributed by atoms with Crippen molar-refractivity contribution >= 4 is 11.9 Å². The van der Waals surface area contributed by atoms with E-state index in [-0.39, 0.29) is 18.5 Å². The maximum absolute atomic E-state index is 5.31. The maximum Gasteiger partial charge on any atom is 0.218 e. The normalized spacial score (nSPS) is 11.2. The Labute approximate surface area is 73.5 Å². The van der Waals surface area contributed by atoms with Crippen LogP contribution in [0.15, 0.2) is 20.9 Å². The number of aromatic nitrogens is 2. The third kappa shape index (κ3) is 3.18. The number of nitrogens with two attached hydrogens (primary N) is 3.